The predicted molar refractivity (Wildman–Crippen MR) is 165 cm³/mol. The lowest BCUT2D eigenvalue weighted by atomic mass is 10.1. The third-order valence-corrected chi connectivity index (χ3v) is 9.05. The van der Waals surface area contributed by atoms with Gasteiger partial charge in [0.15, 0.2) is 17.3 Å². The van der Waals surface area contributed by atoms with Crippen molar-refractivity contribution in [2.45, 2.75) is 25.7 Å². The Kier molecular flexibility index (Phi) is 10.8. The molecular formula is C31H35FN2O6SSi. The van der Waals surface area contributed by atoms with E-state index < -0.39 is 14.0 Å². The molecule has 0 fully saturated rings. The lowest BCUT2D eigenvalue weighted by Crippen LogP contribution is -2.30. The average Bonchev–Trinajstić information content (AvgIpc) is 3.42. The molecule has 4 rings (SSSR count). The second kappa shape index (κ2) is 14.5. The standard InChI is InChI=1S/C31H35FN2O6SSi/c1-37-29-17-21(11-12-28(29)40-14-13-38-20-39-15-16-42(2,3)4)31(36)33-18-27(35)26-10-6-9-25(34-26)23-19-41-30-22(23)7-5-8-24(30)32/h5-12,17,19H,13-16,18,20H2,1-4H3,(H,33,36). The molecule has 0 aliphatic rings. The van der Waals surface area contributed by atoms with Crippen molar-refractivity contribution in [3.8, 4) is 22.8 Å². The molecule has 0 aliphatic heterocycles. The molecule has 4 aromatic rings. The van der Waals surface area contributed by atoms with Gasteiger partial charge in [-0.1, -0.05) is 37.8 Å². The molecular weight excluding hydrogens is 576 g/mol. The van der Waals surface area contributed by atoms with Crippen LogP contribution in [0.4, 0.5) is 4.39 Å². The van der Waals surface area contributed by atoms with Crippen molar-refractivity contribution < 1.29 is 32.9 Å². The SMILES string of the molecule is COc1cc(C(=O)NCC(=O)c2cccc(-c3csc4c(F)cccc34)n2)ccc1OCCOCOCC[Si](C)(C)C. The predicted octanol–water partition coefficient (Wildman–Crippen LogP) is 6.43. The molecule has 1 N–H and O–H groups in total. The lowest BCUT2D eigenvalue weighted by Gasteiger charge is -2.15. The molecule has 0 atom stereocenters. The van der Waals surface area contributed by atoms with E-state index in [0.717, 1.165) is 17.0 Å². The minimum absolute atomic E-state index is 0.202. The number of Topliss-reactive ketones (excluding diaryl/α,β-unsaturated/α-hetero) is 1. The van der Waals surface area contributed by atoms with Crippen molar-refractivity contribution in [1.82, 2.24) is 10.3 Å². The maximum absolute atomic E-state index is 14.1. The number of halogens is 1. The van der Waals surface area contributed by atoms with E-state index >= 15 is 0 Å². The Bertz CT molecular complexity index is 1540. The third kappa shape index (κ3) is 8.45. The number of nitrogens with zero attached hydrogens (tertiary/aromatic N) is 1. The third-order valence-electron chi connectivity index (χ3n) is 6.35. The van der Waals surface area contributed by atoms with Gasteiger partial charge in [0.25, 0.3) is 5.91 Å². The van der Waals surface area contributed by atoms with Crippen LogP contribution < -0.4 is 14.8 Å². The number of pyridine rings is 1. The zero-order valence-electron chi connectivity index (χ0n) is 24.2. The fourth-order valence-corrected chi connectivity index (χ4v) is 5.73. The van der Waals surface area contributed by atoms with Crippen LogP contribution in [-0.4, -0.2) is 65.0 Å². The summed E-state index contributed by atoms with van der Waals surface area (Å²) < 4.78 is 36.8. The number of hydrogen-bond acceptors (Lipinski definition) is 8. The molecule has 2 aromatic carbocycles. The number of aromatic nitrogens is 1. The van der Waals surface area contributed by atoms with Gasteiger partial charge in [-0.05, 0) is 42.4 Å². The molecule has 0 bridgehead atoms. The first kappa shape index (κ1) is 31.3. The largest absolute Gasteiger partial charge is 0.493 e. The van der Waals surface area contributed by atoms with Gasteiger partial charge in [0.1, 0.15) is 24.9 Å². The van der Waals surface area contributed by atoms with Crippen LogP contribution >= 0.6 is 11.3 Å². The van der Waals surface area contributed by atoms with Gasteiger partial charge in [-0.25, -0.2) is 9.37 Å². The Balaban J connectivity index is 1.28. The van der Waals surface area contributed by atoms with Crippen LogP contribution in [-0.2, 0) is 9.47 Å². The quantitative estimate of drug-likeness (QED) is 0.0717. The zero-order valence-corrected chi connectivity index (χ0v) is 26.0. The van der Waals surface area contributed by atoms with Crippen molar-refractivity contribution >= 4 is 41.2 Å². The first-order valence-corrected chi connectivity index (χ1v) is 18.2. The summed E-state index contributed by atoms with van der Waals surface area (Å²) in [5, 5.41) is 5.20. The van der Waals surface area contributed by atoms with Gasteiger partial charge in [-0.15, -0.1) is 11.3 Å². The molecule has 42 heavy (non-hydrogen) atoms. The first-order chi connectivity index (χ1) is 20.2. The number of thiophene rings is 1. The van der Waals surface area contributed by atoms with Crippen molar-refractivity contribution in [3.05, 3.63) is 77.1 Å². The van der Waals surface area contributed by atoms with E-state index in [1.165, 1.54) is 24.5 Å². The number of nitrogens with one attached hydrogen (secondary N) is 1. The second-order valence-corrected chi connectivity index (χ2v) is 17.2. The van der Waals surface area contributed by atoms with Gasteiger partial charge < -0.3 is 24.3 Å². The average molecular weight is 611 g/mol. The molecule has 0 spiro atoms. The number of carbonyl (C=O) groups excluding carboxylic acids is 2. The maximum atomic E-state index is 14.1. The van der Waals surface area contributed by atoms with E-state index in [9.17, 15) is 14.0 Å². The summed E-state index contributed by atoms with van der Waals surface area (Å²) in [7, 11) is 0.362. The van der Waals surface area contributed by atoms with E-state index in [0.29, 0.717) is 40.7 Å². The summed E-state index contributed by atoms with van der Waals surface area (Å²) in [5.41, 5.74) is 1.82. The van der Waals surface area contributed by atoms with Crippen LogP contribution in [0.2, 0.25) is 25.7 Å². The topological polar surface area (TPSA) is 96.0 Å². The van der Waals surface area contributed by atoms with Crippen molar-refractivity contribution in [2.75, 3.05) is 40.3 Å². The molecule has 1 amide bonds. The molecule has 0 saturated heterocycles. The number of amides is 1. The number of ether oxygens (including phenoxy) is 4. The van der Waals surface area contributed by atoms with Gasteiger partial charge in [-0.3, -0.25) is 9.59 Å². The molecule has 0 aliphatic carbocycles. The van der Waals surface area contributed by atoms with Crippen molar-refractivity contribution in [3.63, 3.8) is 0 Å². The summed E-state index contributed by atoms with van der Waals surface area (Å²) in [5.74, 6) is -0.239. The highest BCUT2D eigenvalue weighted by molar-refractivity contribution is 7.17. The minimum atomic E-state index is -1.12. The number of benzene rings is 2. The van der Waals surface area contributed by atoms with Gasteiger partial charge in [0, 0.05) is 36.6 Å². The maximum Gasteiger partial charge on any atom is 0.251 e. The summed E-state index contributed by atoms with van der Waals surface area (Å²) in [6.45, 7) is 8.18. The molecule has 0 radical (unpaired) electrons. The monoisotopic (exact) mass is 610 g/mol. The Morgan fingerprint density at radius 1 is 0.976 bits per heavy atom. The van der Waals surface area contributed by atoms with E-state index in [1.807, 2.05) is 11.4 Å². The van der Waals surface area contributed by atoms with E-state index in [-0.39, 0.29) is 37.2 Å². The van der Waals surface area contributed by atoms with Gasteiger partial charge in [0.2, 0.25) is 0 Å². The summed E-state index contributed by atoms with van der Waals surface area (Å²) in [6, 6.07) is 15.8. The minimum Gasteiger partial charge on any atom is -0.493 e. The van der Waals surface area contributed by atoms with Gasteiger partial charge >= 0.3 is 0 Å². The molecule has 2 heterocycles. The highest BCUT2D eigenvalue weighted by Crippen LogP contribution is 2.34. The highest BCUT2D eigenvalue weighted by Gasteiger charge is 2.16. The van der Waals surface area contributed by atoms with Crippen LogP contribution in [0.5, 0.6) is 11.5 Å². The van der Waals surface area contributed by atoms with Crippen LogP contribution in [0.1, 0.15) is 20.8 Å². The van der Waals surface area contributed by atoms with Crippen LogP contribution in [0.25, 0.3) is 21.3 Å². The second-order valence-electron chi connectivity index (χ2n) is 10.7. The zero-order chi connectivity index (χ0) is 30.1. The Hall–Kier alpha value is -3.64. The van der Waals surface area contributed by atoms with E-state index in [1.54, 1.807) is 42.5 Å². The number of rotatable bonds is 15. The molecule has 0 saturated carbocycles. The Labute approximate surface area is 249 Å². The molecule has 2 aromatic heterocycles. The fourth-order valence-electron chi connectivity index (χ4n) is 4.01. The first-order valence-electron chi connectivity index (χ1n) is 13.6. The van der Waals surface area contributed by atoms with Crippen LogP contribution in [0.15, 0.2) is 60.0 Å². The lowest BCUT2D eigenvalue weighted by molar-refractivity contribution is -0.0563. The smallest absolute Gasteiger partial charge is 0.251 e. The molecule has 222 valence electrons. The van der Waals surface area contributed by atoms with Crippen LogP contribution in [0.3, 0.4) is 0 Å². The molecule has 0 unspecified atom stereocenters. The molecule has 8 nitrogen and oxygen atoms in total. The highest BCUT2D eigenvalue weighted by atomic mass is 32.1. The summed E-state index contributed by atoms with van der Waals surface area (Å²) >= 11 is 1.29. The normalized spacial score (nSPS) is 11.5. The van der Waals surface area contributed by atoms with Gasteiger partial charge in [-0.2, -0.15) is 0 Å². The summed E-state index contributed by atoms with van der Waals surface area (Å²) in [4.78, 5) is 30.1. The number of hydrogen-bond donors (Lipinski definition) is 1. The van der Waals surface area contributed by atoms with Crippen LogP contribution in [0, 0.1) is 5.82 Å². The Morgan fingerprint density at radius 2 is 1.76 bits per heavy atom. The number of methoxy groups -OCH3 is 1. The van der Waals surface area contributed by atoms with E-state index in [4.69, 9.17) is 18.9 Å². The van der Waals surface area contributed by atoms with E-state index in [2.05, 4.69) is 29.9 Å². The van der Waals surface area contributed by atoms with Crippen molar-refractivity contribution in [2.24, 2.45) is 0 Å². The Morgan fingerprint density at radius 3 is 2.55 bits per heavy atom. The van der Waals surface area contributed by atoms with Gasteiger partial charge in [0.05, 0.1) is 30.7 Å². The van der Waals surface area contributed by atoms with Crippen molar-refractivity contribution in [1.29, 1.82) is 0 Å². The number of fused-ring (bicyclic) bond motifs is 1. The summed E-state index contributed by atoms with van der Waals surface area (Å²) in [6.07, 6.45) is 0. The number of carbonyl (C=O) groups is 2. The number of ketones is 1. The fraction of sp³-hybridized carbons (Fsp3) is 0.323. The molecule has 11 heteroatoms.